The van der Waals surface area contributed by atoms with Crippen molar-refractivity contribution in [3.63, 3.8) is 0 Å². The molecule has 168 valence electrons. The second-order valence-corrected chi connectivity index (χ2v) is 9.53. The second-order valence-electron chi connectivity index (χ2n) is 7.29. The van der Waals surface area contributed by atoms with Crippen molar-refractivity contribution >= 4 is 58.4 Å². The van der Waals surface area contributed by atoms with E-state index in [1.54, 1.807) is 31.2 Å². The van der Waals surface area contributed by atoms with Crippen molar-refractivity contribution in [1.29, 1.82) is 0 Å². The first-order valence-electron chi connectivity index (χ1n) is 9.64. The highest BCUT2D eigenvalue weighted by Gasteiger charge is 2.27. The summed E-state index contributed by atoms with van der Waals surface area (Å²) in [6.07, 6.45) is 0. The van der Waals surface area contributed by atoms with E-state index >= 15 is 0 Å². The van der Waals surface area contributed by atoms with Crippen LogP contribution in [0.2, 0.25) is 15.1 Å². The van der Waals surface area contributed by atoms with Crippen molar-refractivity contribution in [3.8, 4) is 0 Å². The number of halogens is 4. The van der Waals surface area contributed by atoms with Crippen molar-refractivity contribution in [1.82, 2.24) is 10.2 Å². The largest absolute Gasteiger partial charge is 0.352 e. The van der Waals surface area contributed by atoms with Gasteiger partial charge in [-0.25, -0.2) is 4.39 Å². The van der Waals surface area contributed by atoms with Gasteiger partial charge in [0.05, 0.1) is 5.75 Å². The number of benzene rings is 2. The Hall–Kier alpha value is -1.47. The van der Waals surface area contributed by atoms with E-state index in [9.17, 15) is 14.0 Å². The maximum Gasteiger partial charge on any atom is 0.242 e. The van der Waals surface area contributed by atoms with Crippen molar-refractivity contribution in [2.24, 2.45) is 0 Å². The molecular weight excluding hydrogens is 482 g/mol. The Morgan fingerprint density at radius 1 is 1.10 bits per heavy atom. The van der Waals surface area contributed by atoms with Gasteiger partial charge in [0, 0.05) is 39.0 Å². The van der Waals surface area contributed by atoms with Gasteiger partial charge in [0.1, 0.15) is 11.9 Å². The summed E-state index contributed by atoms with van der Waals surface area (Å²) in [5.41, 5.74) is 1.02. The lowest BCUT2D eigenvalue weighted by Gasteiger charge is -2.29. The van der Waals surface area contributed by atoms with E-state index in [0.29, 0.717) is 26.2 Å². The lowest BCUT2D eigenvalue weighted by molar-refractivity contribution is -0.138. The molecule has 0 aromatic heterocycles. The van der Waals surface area contributed by atoms with Gasteiger partial charge in [-0.1, -0.05) is 46.9 Å². The second kappa shape index (κ2) is 12.0. The lowest BCUT2D eigenvalue weighted by Crippen LogP contribution is -2.49. The summed E-state index contributed by atoms with van der Waals surface area (Å²) < 4.78 is 14.0. The predicted octanol–water partition coefficient (Wildman–Crippen LogP) is 5.96. The van der Waals surface area contributed by atoms with E-state index in [0.717, 1.165) is 0 Å². The molecule has 0 aliphatic rings. The Bertz CT molecular complexity index is 923. The Morgan fingerprint density at radius 2 is 1.81 bits per heavy atom. The van der Waals surface area contributed by atoms with Gasteiger partial charge in [0.2, 0.25) is 11.8 Å². The molecule has 4 nitrogen and oxygen atoms in total. The topological polar surface area (TPSA) is 49.4 Å². The Kier molecular flexibility index (Phi) is 9.94. The highest BCUT2D eigenvalue weighted by Crippen LogP contribution is 2.26. The zero-order chi connectivity index (χ0) is 23.1. The maximum absolute atomic E-state index is 14.0. The number of hydrogen-bond acceptors (Lipinski definition) is 3. The molecule has 1 N–H and O–H groups in total. The van der Waals surface area contributed by atoms with Crippen LogP contribution in [0.15, 0.2) is 36.4 Å². The molecule has 2 amide bonds. The zero-order valence-corrected chi connectivity index (χ0v) is 20.5. The summed E-state index contributed by atoms with van der Waals surface area (Å²) >= 11 is 19.5. The lowest BCUT2D eigenvalue weighted by atomic mass is 10.1. The molecule has 9 heteroatoms. The van der Waals surface area contributed by atoms with Gasteiger partial charge in [-0.3, -0.25) is 9.59 Å². The summed E-state index contributed by atoms with van der Waals surface area (Å²) in [5, 5.41) is 4.03. The van der Waals surface area contributed by atoms with Crippen LogP contribution in [0.25, 0.3) is 0 Å². The normalized spacial score (nSPS) is 12.0. The maximum atomic E-state index is 14.0. The molecule has 0 saturated heterocycles. The molecule has 2 rings (SSSR count). The van der Waals surface area contributed by atoms with E-state index in [2.05, 4.69) is 5.32 Å². The van der Waals surface area contributed by atoms with E-state index in [1.807, 2.05) is 13.8 Å². The van der Waals surface area contributed by atoms with E-state index < -0.39 is 11.9 Å². The molecule has 2 aromatic rings. The molecule has 1 unspecified atom stereocenters. The van der Waals surface area contributed by atoms with Crippen molar-refractivity contribution in [3.05, 3.63) is 68.4 Å². The molecule has 1 atom stereocenters. The van der Waals surface area contributed by atoms with Gasteiger partial charge in [-0.15, -0.1) is 11.8 Å². The van der Waals surface area contributed by atoms with Crippen LogP contribution >= 0.6 is 46.6 Å². The number of nitrogens with one attached hydrogen (secondary N) is 1. The van der Waals surface area contributed by atoms with Crippen LogP contribution in [0.3, 0.4) is 0 Å². The fraction of sp³-hybridized carbons (Fsp3) is 0.364. The summed E-state index contributed by atoms with van der Waals surface area (Å²) in [6, 6.07) is 8.68. The first kappa shape index (κ1) is 25.8. The molecule has 0 spiro atoms. The van der Waals surface area contributed by atoms with Crippen LogP contribution < -0.4 is 5.32 Å². The number of carbonyl (C=O) groups excluding carboxylic acids is 2. The van der Waals surface area contributed by atoms with Gasteiger partial charge >= 0.3 is 0 Å². The molecule has 0 fully saturated rings. The quantitative estimate of drug-likeness (QED) is 0.457. The minimum Gasteiger partial charge on any atom is -0.352 e. The first-order chi connectivity index (χ1) is 14.6. The molecule has 0 aliphatic carbocycles. The summed E-state index contributed by atoms with van der Waals surface area (Å²) in [4.78, 5) is 27.1. The molecule has 0 saturated carbocycles. The third kappa shape index (κ3) is 7.56. The van der Waals surface area contributed by atoms with Crippen molar-refractivity contribution in [2.75, 3.05) is 5.75 Å². The van der Waals surface area contributed by atoms with Crippen LogP contribution in [0.4, 0.5) is 4.39 Å². The van der Waals surface area contributed by atoms with E-state index in [1.165, 1.54) is 28.8 Å². The highest BCUT2D eigenvalue weighted by atomic mass is 35.5. The number of nitrogens with zero attached hydrogens (tertiary/aromatic N) is 1. The molecule has 0 aliphatic heterocycles. The number of amides is 2. The molecule has 0 radical (unpaired) electrons. The van der Waals surface area contributed by atoms with Gasteiger partial charge < -0.3 is 10.2 Å². The van der Waals surface area contributed by atoms with Gasteiger partial charge in [0.15, 0.2) is 0 Å². The van der Waals surface area contributed by atoms with Crippen molar-refractivity contribution < 1.29 is 14.0 Å². The van der Waals surface area contributed by atoms with Gasteiger partial charge in [-0.2, -0.15) is 0 Å². The third-order valence-electron chi connectivity index (χ3n) is 4.49. The fourth-order valence-corrected chi connectivity index (χ4v) is 4.53. The number of carbonyl (C=O) groups is 2. The van der Waals surface area contributed by atoms with E-state index in [4.69, 9.17) is 34.8 Å². The molecular formula is C22H24Cl3FN2O2S. The SMILES string of the molecule is CC(C)NC(=O)C(C)N(Cc1ccc(Cl)cc1Cl)C(=O)CSCc1c(F)cccc1Cl. The summed E-state index contributed by atoms with van der Waals surface area (Å²) in [7, 11) is 0. The predicted molar refractivity (Wildman–Crippen MR) is 127 cm³/mol. The Balaban J connectivity index is 2.15. The Morgan fingerprint density at radius 3 is 2.42 bits per heavy atom. The number of rotatable bonds is 9. The fourth-order valence-electron chi connectivity index (χ4n) is 2.81. The highest BCUT2D eigenvalue weighted by molar-refractivity contribution is 7.99. The van der Waals surface area contributed by atoms with E-state index in [-0.39, 0.29) is 35.9 Å². The van der Waals surface area contributed by atoms with Crippen LogP contribution in [-0.4, -0.2) is 34.6 Å². The molecule has 0 bridgehead atoms. The minimum atomic E-state index is -0.723. The molecule has 31 heavy (non-hydrogen) atoms. The van der Waals surface area contributed by atoms with Crippen LogP contribution in [0.1, 0.15) is 31.9 Å². The van der Waals surface area contributed by atoms with Gasteiger partial charge in [-0.05, 0) is 50.6 Å². The average molecular weight is 506 g/mol. The van der Waals surface area contributed by atoms with Crippen LogP contribution in [0.5, 0.6) is 0 Å². The number of hydrogen-bond donors (Lipinski definition) is 1. The molecule has 0 heterocycles. The monoisotopic (exact) mass is 504 g/mol. The average Bonchev–Trinajstić information content (AvgIpc) is 2.68. The van der Waals surface area contributed by atoms with Gasteiger partial charge in [0.25, 0.3) is 0 Å². The third-order valence-corrected chi connectivity index (χ3v) is 6.37. The van der Waals surface area contributed by atoms with Crippen LogP contribution in [-0.2, 0) is 21.9 Å². The first-order valence-corrected chi connectivity index (χ1v) is 11.9. The smallest absolute Gasteiger partial charge is 0.242 e. The minimum absolute atomic E-state index is 0.0508. The summed E-state index contributed by atoms with van der Waals surface area (Å²) in [6.45, 7) is 5.50. The zero-order valence-electron chi connectivity index (χ0n) is 17.4. The Labute approximate surface area is 201 Å². The van der Waals surface area contributed by atoms with Crippen molar-refractivity contribution in [2.45, 2.75) is 45.2 Å². The number of thioether (sulfide) groups is 1. The molecule has 2 aromatic carbocycles. The summed E-state index contributed by atoms with van der Waals surface area (Å²) in [5.74, 6) is -0.665. The van der Waals surface area contributed by atoms with Crippen LogP contribution in [0, 0.1) is 5.82 Å². The standard InChI is InChI=1S/C22H24Cl3FN2O2S/c1-13(2)27-22(30)14(3)28(10-15-7-8-16(23)9-19(15)25)21(29)12-31-11-17-18(24)5-4-6-20(17)26/h4-9,13-14H,10-12H2,1-3H3,(H,27,30).